The minimum Gasteiger partial charge on any atom is -0.444 e. The first kappa shape index (κ1) is 22.8. The molecule has 1 saturated carbocycles. The van der Waals surface area contributed by atoms with Crippen LogP contribution in [0.3, 0.4) is 0 Å². The van der Waals surface area contributed by atoms with Gasteiger partial charge in [-0.1, -0.05) is 0 Å². The molecule has 5 nitrogen and oxygen atoms in total. The van der Waals surface area contributed by atoms with Gasteiger partial charge in [-0.05, 0) is 64.5 Å². The van der Waals surface area contributed by atoms with Crippen LogP contribution in [0.15, 0.2) is 12.1 Å². The van der Waals surface area contributed by atoms with Crippen LogP contribution in [0.2, 0.25) is 0 Å². The number of carbonyl (C=O) groups excluding carboxylic acids is 1. The van der Waals surface area contributed by atoms with E-state index in [4.69, 9.17) is 10.00 Å². The lowest BCUT2D eigenvalue weighted by Gasteiger charge is -2.40. The molecule has 1 aromatic rings. The molecular formula is C20H25F4N3O2. The molecule has 1 aliphatic carbocycles. The maximum atomic E-state index is 13.9. The highest BCUT2D eigenvalue weighted by molar-refractivity contribution is 5.67. The molecular weight excluding hydrogens is 390 g/mol. The molecule has 0 bridgehead atoms. The summed E-state index contributed by atoms with van der Waals surface area (Å²) >= 11 is 0. The third kappa shape index (κ3) is 6.24. The Bertz CT molecular complexity index is 791. The Morgan fingerprint density at radius 2 is 1.93 bits per heavy atom. The van der Waals surface area contributed by atoms with Crippen molar-refractivity contribution in [1.29, 1.82) is 5.26 Å². The lowest BCUT2D eigenvalue weighted by atomic mass is 9.71. The molecule has 1 amide bonds. The molecule has 1 atom stereocenters. The van der Waals surface area contributed by atoms with Crippen LogP contribution in [0.1, 0.15) is 51.7 Å². The van der Waals surface area contributed by atoms with Crippen LogP contribution >= 0.6 is 0 Å². The number of alkyl halides is 3. The number of nitriles is 1. The van der Waals surface area contributed by atoms with E-state index in [0.717, 1.165) is 6.07 Å². The van der Waals surface area contributed by atoms with Gasteiger partial charge in [0.2, 0.25) is 0 Å². The molecule has 29 heavy (non-hydrogen) atoms. The summed E-state index contributed by atoms with van der Waals surface area (Å²) in [7, 11) is 0. The number of amides is 1. The van der Waals surface area contributed by atoms with Crippen LogP contribution in [0.4, 0.5) is 28.0 Å². The van der Waals surface area contributed by atoms with E-state index >= 15 is 0 Å². The van der Waals surface area contributed by atoms with Crippen molar-refractivity contribution >= 4 is 11.8 Å². The van der Waals surface area contributed by atoms with Crippen molar-refractivity contribution in [2.45, 2.75) is 58.4 Å². The van der Waals surface area contributed by atoms with Crippen molar-refractivity contribution in [3.63, 3.8) is 0 Å². The van der Waals surface area contributed by atoms with Gasteiger partial charge in [-0.2, -0.15) is 18.4 Å². The standard InChI is InChI=1S/C20H25F4N3O2/c1-11(14-5-13(6-14)10-26-18(28)29-19(2,3)4)27-16-8-12(9-25)7-15(21)17(16)20(22,23)24/h7-8,11,13-14,27H,5-6,10H2,1-4H3,(H,26,28)/t11-,13?,14?/m0/s1. The van der Waals surface area contributed by atoms with Gasteiger partial charge < -0.3 is 15.4 Å². The average Bonchev–Trinajstić information content (AvgIpc) is 2.49. The summed E-state index contributed by atoms with van der Waals surface area (Å²) in [6.07, 6.45) is -3.98. The number of rotatable bonds is 5. The van der Waals surface area contributed by atoms with Crippen molar-refractivity contribution in [3.8, 4) is 6.07 Å². The van der Waals surface area contributed by atoms with E-state index in [2.05, 4.69) is 10.6 Å². The maximum absolute atomic E-state index is 13.9. The smallest absolute Gasteiger partial charge is 0.421 e. The summed E-state index contributed by atoms with van der Waals surface area (Å²) < 4.78 is 58.8. The van der Waals surface area contributed by atoms with Crippen LogP contribution in [0, 0.1) is 29.0 Å². The molecule has 0 aliphatic heterocycles. The molecule has 1 fully saturated rings. The molecule has 9 heteroatoms. The Balaban J connectivity index is 1.94. The van der Waals surface area contributed by atoms with Gasteiger partial charge in [0.05, 0.1) is 17.3 Å². The first-order valence-corrected chi connectivity index (χ1v) is 9.34. The van der Waals surface area contributed by atoms with Gasteiger partial charge in [0.1, 0.15) is 17.0 Å². The molecule has 0 spiro atoms. The number of hydrogen-bond acceptors (Lipinski definition) is 4. The van der Waals surface area contributed by atoms with E-state index in [1.807, 2.05) is 0 Å². The average molecular weight is 415 g/mol. The highest BCUT2D eigenvalue weighted by Gasteiger charge is 2.39. The van der Waals surface area contributed by atoms with Gasteiger partial charge in [0, 0.05) is 12.6 Å². The summed E-state index contributed by atoms with van der Waals surface area (Å²) in [5.41, 5.74) is -2.60. The van der Waals surface area contributed by atoms with Gasteiger partial charge in [-0.3, -0.25) is 0 Å². The zero-order chi connectivity index (χ0) is 22.0. The zero-order valence-corrected chi connectivity index (χ0v) is 16.8. The fourth-order valence-corrected chi connectivity index (χ4v) is 3.34. The van der Waals surface area contributed by atoms with E-state index in [1.165, 1.54) is 0 Å². The molecule has 0 heterocycles. The summed E-state index contributed by atoms with van der Waals surface area (Å²) in [6.45, 7) is 7.43. The lowest BCUT2D eigenvalue weighted by Crippen LogP contribution is -2.43. The number of carbonyl (C=O) groups is 1. The summed E-state index contributed by atoms with van der Waals surface area (Å²) in [5, 5.41) is 14.3. The van der Waals surface area contributed by atoms with E-state index in [-0.39, 0.29) is 23.4 Å². The Labute approximate surface area is 167 Å². The van der Waals surface area contributed by atoms with E-state index in [0.29, 0.717) is 25.5 Å². The molecule has 160 valence electrons. The van der Waals surface area contributed by atoms with Crippen molar-refractivity contribution in [2.24, 2.45) is 11.8 Å². The summed E-state index contributed by atoms with van der Waals surface area (Å²) in [5.74, 6) is -1.21. The topological polar surface area (TPSA) is 74.2 Å². The normalized spacial score (nSPS) is 20.2. The SMILES string of the molecule is C[C@H](Nc1cc(C#N)cc(F)c1C(F)(F)F)C1CC(CNC(=O)OC(C)(C)C)C1. The van der Waals surface area contributed by atoms with E-state index < -0.39 is 34.9 Å². The number of alkyl carbamates (subject to hydrolysis) is 1. The number of halogens is 4. The number of benzene rings is 1. The third-order valence-corrected chi connectivity index (χ3v) is 4.80. The summed E-state index contributed by atoms with van der Waals surface area (Å²) in [6, 6.07) is 2.91. The molecule has 2 rings (SSSR count). The largest absolute Gasteiger partial charge is 0.444 e. The molecule has 1 aliphatic rings. The molecule has 0 saturated heterocycles. The van der Waals surface area contributed by atoms with Crippen LogP contribution in [0.5, 0.6) is 0 Å². The van der Waals surface area contributed by atoms with E-state index in [1.54, 1.807) is 33.8 Å². The Morgan fingerprint density at radius 1 is 1.31 bits per heavy atom. The Hall–Kier alpha value is -2.50. The van der Waals surface area contributed by atoms with Crippen LogP contribution < -0.4 is 10.6 Å². The van der Waals surface area contributed by atoms with Gasteiger partial charge in [0.15, 0.2) is 0 Å². The Morgan fingerprint density at radius 3 is 2.45 bits per heavy atom. The maximum Gasteiger partial charge on any atom is 0.421 e. The van der Waals surface area contributed by atoms with Crippen LogP contribution in [-0.4, -0.2) is 24.3 Å². The van der Waals surface area contributed by atoms with Gasteiger partial charge in [-0.15, -0.1) is 0 Å². The fourth-order valence-electron chi connectivity index (χ4n) is 3.34. The second-order valence-corrected chi connectivity index (χ2v) is 8.40. The predicted molar refractivity (Wildman–Crippen MR) is 99.7 cm³/mol. The van der Waals surface area contributed by atoms with Gasteiger partial charge in [-0.25, -0.2) is 9.18 Å². The number of ether oxygens (including phenoxy) is 1. The van der Waals surface area contributed by atoms with Gasteiger partial charge in [0.25, 0.3) is 0 Å². The number of nitrogens with one attached hydrogen (secondary N) is 2. The first-order chi connectivity index (χ1) is 13.3. The molecule has 0 unspecified atom stereocenters. The van der Waals surface area contributed by atoms with Crippen LogP contribution in [0.25, 0.3) is 0 Å². The highest BCUT2D eigenvalue weighted by Crippen LogP contribution is 2.40. The minimum absolute atomic E-state index is 0.0651. The second kappa shape index (κ2) is 8.47. The molecule has 1 aromatic carbocycles. The molecule has 0 aromatic heterocycles. The third-order valence-electron chi connectivity index (χ3n) is 4.80. The number of nitrogens with zero attached hydrogens (tertiary/aromatic N) is 1. The highest BCUT2D eigenvalue weighted by atomic mass is 19.4. The molecule has 2 N–H and O–H groups in total. The van der Waals surface area contributed by atoms with E-state index in [9.17, 15) is 22.4 Å². The zero-order valence-electron chi connectivity index (χ0n) is 16.8. The predicted octanol–water partition coefficient (Wildman–Crippen LogP) is 5.07. The summed E-state index contributed by atoms with van der Waals surface area (Å²) in [4.78, 5) is 11.7. The van der Waals surface area contributed by atoms with Crippen molar-refractivity contribution in [2.75, 3.05) is 11.9 Å². The second-order valence-electron chi connectivity index (χ2n) is 8.40. The first-order valence-electron chi connectivity index (χ1n) is 9.34. The monoisotopic (exact) mass is 415 g/mol. The van der Waals surface area contributed by atoms with Crippen LogP contribution in [-0.2, 0) is 10.9 Å². The quantitative estimate of drug-likeness (QED) is 0.659. The van der Waals surface area contributed by atoms with Gasteiger partial charge >= 0.3 is 12.3 Å². The Kier molecular flexibility index (Phi) is 6.66. The van der Waals surface area contributed by atoms with Crippen molar-refractivity contribution in [3.05, 3.63) is 29.1 Å². The fraction of sp³-hybridized carbons (Fsp3) is 0.600. The van der Waals surface area contributed by atoms with Crippen molar-refractivity contribution < 1.29 is 27.1 Å². The minimum atomic E-state index is -4.88. The number of anilines is 1. The lowest BCUT2D eigenvalue weighted by molar-refractivity contribution is -0.139. The number of hydrogen-bond donors (Lipinski definition) is 2. The van der Waals surface area contributed by atoms with Crippen molar-refractivity contribution in [1.82, 2.24) is 5.32 Å². The molecule has 0 radical (unpaired) electrons.